The number of aromatic nitrogens is 1. The van der Waals surface area contributed by atoms with Crippen LogP contribution in [0.4, 0.5) is 0 Å². The molecule has 0 fully saturated rings. The Labute approximate surface area is 165 Å². The number of H-pyrrole nitrogens is 1. The van der Waals surface area contributed by atoms with Crippen LogP contribution in [0.25, 0.3) is 10.9 Å². The van der Waals surface area contributed by atoms with Crippen LogP contribution in [0.5, 0.6) is 5.75 Å². The average Bonchev–Trinajstić information content (AvgIpc) is 3.01. The molecule has 1 aliphatic rings. The largest absolute Gasteiger partial charge is 0.497 e. The first-order valence-corrected chi connectivity index (χ1v) is 9.23. The van der Waals surface area contributed by atoms with Crippen LogP contribution in [0, 0.1) is 0 Å². The summed E-state index contributed by atoms with van der Waals surface area (Å²) in [6, 6.07) is 15.0. The third-order valence-electron chi connectivity index (χ3n) is 5.24. The van der Waals surface area contributed by atoms with Crippen molar-refractivity contribution in [3.05, 3.63) is 64.3 Å². The summed E-state index contributed by atoms with van der Waals surface area (Å²) >= 11 is 6.20. The van der Waals surface area contributed by atoms with Crippen molar-refractivity contribution in [3.63, 3.8) is 0 Å². The predicted molar refractivity (Wildman–Crippen MR) is 111 cm³/mol. The number of halogens is 2. The van der Waals surface area contributed by atoms with Gasteiger partial charge in [0.25, 0.3) is 0 Å². The average molecular weight is 391 g/mol. The molecule has 0 spiro atoms. The van der Waals surface area contributed by atoms with Gasteiger partial charge in [-0.1, -0.05) is 23.7 Å². The summed E-state index contributed by atoms with van der Waals surface area (Å²) in [5.74, 6) is 0.892. The highest BCUT2D eigenvalue weighted by atomic mass is 35.5. The first-order valence-electron chi connectivity index (χ1n) is 8.85. The lowest BCUT2D eigenvalue weighted by molar-refractivity contribution is 0.406. The van der Waals surface area contributed by atoms with E-state index in [1.165, 1.54) is 34.1 Å². The Hall–Kier alpha value is -1.68. The smallest absolute Gasteiger partial charge is 0.118 e. The van der Waals surface area contributed by atoms with Gasteiger partial charge in [-0.05, 0) is 67.6 Å². The Balaban J connectivity index is 0.00000196. The third kappa shape index (κ3) is 3.57. The summed E-state index contributed by atoms with van der Waals surface area (Å²) in [6.45, 7) is 2.22. The highest BCUT2D eigenvalue weighted by molar-refractivity contribution is 6.31. The lowest BCUT2D eigenvalue weighted by atomic mass is 9.91. The first-order chi connectivity index (χ1) is 12.2. The number of nitrogens with one attached hydrogen (secondary N) is 2. The number of methoxy groups -OCH3 is 1. The second-order valence-electron chi connectivity index (χ2n) is 6.81. The van der Waals surface area contributed by atoms with Crippen molar-refractivity contribution in [1.29, 1.82) is 0 Å². The molecule has 0 saturated heterocycles. The maximum absolute atomic E-state index is 6.20. The Bertz CT molecular complexity index is 889. The van der Waals surface area contributed by atoms with E-state index in [1.54, 1.807) is 7.11 Å². The quantitative estimate of drug-likeness (QED) is 0.574. The number of fused-ring (bicyclic) bond motifs is 3. The van der Waals surface area contributed by atoms with E-state index in [0.29, 0.717) is 6.04 Å². The zero-order valence-electron chi connectivity index (χ0n) is 15.0. The van der Waals surface area contributed by atoms with Gasteiger partial charge < -0.3 is 15.0 Å². The third-order valence-corrected chi connectivity index (χ3v) is 5.47. The van der Waals surface area contributed by atoms with E-state index < -0.39 is 0 Å². The van der Waals surface area contributed by atoms with E-state index >= 15 is 0 Å². The molecule has 0 radical (unpaired) electrons. The van der Waals surface area contributed by atoms with Crippen molar-refractivity contribution < 1.29 is 4.74 Å². The van der Waals surface area contributed by atoms with Crippen molar-refractivity contribution in [2.75, 3.05) is 7.11 Å². The Kier molecular flexibility index (Phi) is 5.81. The second-order valence-corrected chi connectivity index (χ2v) is 7.25. The molecule has 0 saturated carbocycles. The molecule has 0 amide bonds. The van der Waals surface area contributed by atoms with Gasteiger partial charge in [0.15, 0.2) is 0 Å². The van der Waals surface area contributed by atoms with Crippen LogP contribution >= 0.6 is 24.0 Å². The Morgan fingerprint density at radius 1 is 1.19 bits per heavy atom. The van der Waals surface area contributed by atoms with Crippen LogP contribution in [0.15, 0.2) is 42.5 Å². The molecule has 2 atom stereocenters. The number of ether oxygens (including phenoxy) is 1. The molecule has 26 heavy (non-hydrogen) atoms. The minimum Gasteiger partial charge on any atom is -0.497 e. The molecule has 3 aromatic rings. The molecule has 1 heterocycles. The summed E-state index contributed by atoms with van der Waals surface area (Å²) in [7, 11) is 1.70. The Morgan fingerprint density at radius 3 is 2.69 bits per heavy atom. The number of hydrogen-bond acceptors (Lipinski definition) is 2. The van der Waals surface area contributed by atoms with Gasteiger partial charge in [-0.25, -0.2) is 0 Å². The lowest BCUT2D eigenvalue weighted by Gasteiger charge is -2.27. The van der Waals surface area contributed by atoms with Gasteiger partial charge in [0.1, 0.15) is 5.75 Å². The summed E-state index contributed by atoms with van der Waals surface area (Å²) in [5.41, 5.74) is 5.19. The maximum Gasteiger partial charge on any atom is 0.118 e. The molecule has 0 bridgehead atoms. The van der Waals surface area contributed by atoms with Gasteiger partial charge in [0, 0.05) is 33.7 Å². The lowest BCUT2D eigenvalue weighted by Crippen LogP contribution is -2.27. The van der Waals surface area contributed by atoms with E-state index in [1.807, 2.05) is 18.2 Å². The summed E-state index contributed by atoms with van der Waals surface area (Å²) in [4.78, 5) is 3.63. The van der Waals surface area contributed by atoms with Crippen molar-refractivity contribution in [2.45, 2.75) is 38.3 Å². The fourth-order valence-electron chi connectivity index (χ4n) is 3.89. The van der Waals surface area contributed by atoms with Crippen molar-refractivity contribution >= 4 is 34.9 Å². The van der Waals surface area contributed by atoms with Crippen LogP contribution in [0.1, 0.15) is 48.7 Å². The summed E-state index contributed by atoms with van der Waals surface area (Å²) in [6.07, 6.45) is 3.46. The topological polar surface area (TPSA) is 37.0 Å². The van der Waals surface area contributed by atoms with E-state index in [0.717, 1.165) is 23.6 Å². The molecular formula is C21H24Cl2N2O. The predicted octanol–water partition coefficient (Wildman–Crippen LogP) is 5.98. The molecule has 1 aromatic heterocycles. The summed E-state index contributed by atoms with van der Waals surface area (Å²) in [5, 5.41) is 5.87. The van der Waals surface area contributed by atoms with Gasteiger partial charge in [0.05, 0.1) is 7.11 Å². The van der Waals surface area contributed by atoms with E-state index in [4.69, 9.17) is 16.3 Å². The van der Waals surface area contributed by atoms with Crippen molar-refractivity contribution in [1.82, 2.24) is 10.3 Å². The summed E-state index contributed by atoms with van der Waals surface area (Å²) < 4.78 is 5.25. The molecule has 0 aliphatic heterocycles. The van der Waals surface area contributed by atoms with Gasteiger partial charge in [-0.2, -0.15) is 0 Å². The molecule has 4 rings (SSSR count). The van der Waals surface area contributed by atoms with Crippen LogP contribution in [0.3, 0.4) is 0 Å². The minimum atomic E-state index is 0. The second kappa shape index (κ2) is 7.91. The van der Waals surface area contributed by atoms with Crippen LogP contribution in [-0.2, 0) is 6.42 Å². The molecule has 138 valence electrons. The molecule has 5 heteroatoms. The SMILES string of the molecule is COc1ccc(C(C)N[C@@H]2CCCc3c2[nH]c2ccc(Cl)cc32)cc1.Cl. The monoisotopic (exact) mass is 390 g/mol. The van der Waals surface area contributed by atoms with E-state index in [9.17, 15) is 0 Å². The number of hydrogen-bond donors (Lipinski definition) is 2. The number of benzene rings is 2. The Morgan fingerprint density at radius 2 is 1.96 bits per heavy atom. The minimum absolute atomic E-state index is 0. The van der Waals surface area contributed by atoms with E-state index in [2.05, 4.69) is 41.5 Å². The van der Waals surface area contributed by atoms with Gasteiger partial charge in [-0.3, -0.25) is 0 Å². The van der Waals surface area contributed by atoms with Crippen molar-refractivity contribution in [3.8, 4) is 5.75 Å². The highest BCUT2D eigenvalue weighted by Gasteiger charge is 2.25. The molecule has 2 N–H and O–H groups in total. The normalized spacial score (nSPS) is 17.4. The zero-order chi connectivity index (χ0) is 17.4. The maximum atomic E-state index is 6.20. The van der Waals surface area contributed by atoms with Crippen LogP contribution in [0.2, 0.25) is 5.02 Å². The number of aromatic amines is 1. The van der Waals surface area contributed by atoms with Crippen molar-refractivity contribution in [2.24, 2.45) is 0 Å². The standard InChI is InChI=1S/C21H23ClN2O.ClH/c1-13(14-6-9-16(25-2)10-7-14)23-20-5-3-4-17-18-12-15(22)8-11-19(18)24-21(17)20;/h6-13,20,23-24H,3-5H2,1-2H3;1H/t13?,20-;/m1./s1. The molecular weight excluding hydrogens is 367 g/mol. The van der Waals surface area contributed by atoms with Gasteiger partial charge in [0.2, 0.25) is 0 Å². The molecule has 1 unspecified atom stereocenters. The zero-order valence-corrected chi connectivity index (χ0v) is 16.6. The molecule has 3 nitrogen and oxygen atoms in total. The highest BCUT2D eigenvalue weighted by Crippen LogP contribution is 2.37. The van der Waals surface area contributed by atoms with Gasteiger partial charge >= 0.3 is 0 Å². The number of rotatable bonds is 4. The van der Waals surface area contributed by atoms with Crippen LogP contribution < -0.4 is 10.1 Å². The molecule has 2 aromatic carbocycles. The van der Waals surface area contributed by atoms with E-state index in [-0.39, 0.29) is 18.4 Å². The van der Waals surface area contributed by atoms with Gasteiger partial charge in [-0.15, -0.1) is 12.4 Å². The number of aryl methyl sites for hydroxylation is 1. The fraction of sp³-hybridized carbons (Fsp3) is 0.333. The molecule has 1 aliphatic carbocycles. The van der Waals surface area contributed by atoms with Crippen LogP contribution in [-0.4, -0.2) is 12.1 Å². The fourth-order valence-corrected chi connectivity index (χ4v) is 4.06. The first kappa shape index (κ1) is 19.1.